The first-order valence-corrected chi connectivity index (χ1v) is 9.83. The second-order valence-electron chi connectivity index (χ2n) is 6.35. The van der Waals surface area contributed by atoms with Gasteiger partial charge in [-0.05, 0) is 55.9 Å². The van der Waals surface area contributed by atoms with Gasteiger partial charge < -0.3 is 5.32 Å². The lowest BCUT2D eigenvalue weighted by Crippen LogP contribution is -2.16. The van der Waals surface area contributed by atoms with Crippen molar-refractivity contribution in [2.75, 3.05) is 10.6 Å². The third-order valence-corrected chi connectivity index (χ3v) is 5.06. The quantitative estimate of drug-likeness (QED) is 0.510. The fourth-order valence-corrected chi connectivity index (χ4v) is 3.57. The van der Waals surface area contributed by atoms with E-state index in [0.29, 0.717) is 23.2 Å². The van der Waals surface area contributed by atoms with Crippen LogP contribution < -0.4 is 5.32 Å². The molecule has 0 aliphatic heterocycles. The Hall–Kier alpha value is -1.49. The Morgan fingerprint density at radius 2 is 2.00 bits per heavy atom. The maximum atomic E-state index is 14.5. The summed E-state index contributed by atoms with van der Waals surface area (Å²) < 4.78 is 14.5. The van der Waals surface area contributed by atoms with Gasteiger partial charge >= 0.3 is 0 Å². The fourth-order valence-electron chi connectivity index (χ4n) is 3.18. The Labute approximate surface area is 151 Å². The first-order chi connectivity index (χ1) is 11.8. The van der Waals surface area contributed by atoms with Crippen LogP contribution in [0.4, 0.5) is 10.3 Å². The SMILES string of the molecule is Fc1cc(CCCCBr)ccc1-c1ccnc(NC2CCCC2)n1. The Kier molecular flexibility index (Phi) is 6.18. The lowest BCUT2D eigenvalue weighted by atomic mass is 10.0. The standard InChI is InChI=1S/C19H23BrFN3/c20-11-4-3-5-14-8-9-16(17(21)13-14)18-10-12-22-19(24-18)23-15-6-1-2-7-15/h8-10,12-13,15H,1-7,11H2,(H,22,23,24). The Balaban J connectivity index is 1.73. The number of nitrogens with zero attached hydrogens (tertiary/aromatic N) is 2. The van der Waals surface area contributed by atoms with Crippen molar-refractivity contribution in [2.45, 2.75) is 51.0 Å². The van der Waals surface area contributed by atoms with Crippen molar-refractivity contribution >= 4 is 21.9 Å². The van der Waals surface area contributed by atoms with Gasteiger partial charge in [-0.2, -0.15) is 0 Å². The molecule has 5 heteroatoms. The predicted molar refractivity (Wildman–Crippen MR) is 100 cm³/mol. The van der Waals surface area contributed by atoms with Gasteiger partial charge in [-0.15, -0.1) is 0 Å². The normalized spacial score (nSPS) is 14.9. The molecule has 0 unspecified atom stereocenters. The van der Waals surface area contributed by atoms with E-state index in [4.69, 9.17) is 0 Å². The van der Waals surface area contributed by atoms with Crippen LogP contribution in [0.3, 0.4) is 0 Å². The van der Waals surface area contributed by atoms with Gasteiger partial charge in [0.25, 0.3) is 0 Å². The minimum atomic E-state index is -0.211. The van der Waals surface area contributed by atoms with Gasteiger partial charge in [0.15, 0.2) is 0 Å². The zero-order chi connectivity index (χ0) is 16.8. The summed E-state index contributed by atoms with van der Waals surface area (Å²) in [6.45, 7) is 0. The van der Waals surface area contributed by atoms with E-state index >= 15 is 0 Å². The number of aromatic nitrogens is 2. The highest BCUT2D eigenvalue weighted by Gasteiger charge is 2.16. The molecule has 1 aliphatic carbocycles. The van der Waals surface area contributed by atoms with Crippen LogP contribution in [0.1, 0.15) is 44.1 Å². The van der Waals surface area contributed by atoms with Crippen LogP contribution in [0.2, 0.25) is 0 Å². The van der Waals surface area contributed by atoms with Crippen molar-refractivity contribution < 1.29 is 4.39 Å². The molecule has 1 heterocycles. The Morgan fingerprint density at radius 3 is 2.75 bits per heavy atom. The molecule has 1 fully saturated rings. The summed E-state index contributed by atoms with van der Waals surface area (Å²) in [5.74, 6) is 0.386. The van der Waals surface area contributed by atoms with Crippen molar-refractivity contribution in [1.82, 2.24) is 9.97 Å². The third kappa shape index (κ3) is 4.53. The number of alkyl halides is 1. The molecule has 1 aliphatic rings. The molecule has 2 aromatic rings. The molecule has 0 spiro atoms. The highest BCUT2D eigenvalue weighted by Crippen LogP contribution is 2.25. The van der Waals surface area contributed by atoms with Gasteiger partial charge in [0.05, 0.1) is 5.69 Å². The lowest BCUT2D eigenvalue weighted by molar-refractivity contribution is 0.627. The molecule has 1 aromatic carbocycles. The number of nitrogens with one attached hydrogen (secondary N) is 1. The summed E-state index contributed by atoms with van der Waals surface area (Å²) in [6, 6.07) is 7.68. The van der Waals surface area contributed by atoms with Crippen molar-refractivity contribution in [3.8, 4) is 11.3 Å². The van der Waals surface area contributed by atoms with E-state index in [-0.39, 0.29) is 5.82 Å². The molecule has 24 heavy (non-hydrogen) atoms. The molecule has 3 rings (SSSR count). The third-order valence-electron chi connectivity index (χ3n) is 4.50. The fraction of sp³-hybridized carbons (Fsp3) is 0.474. The number of aryl methyl sites for hydroxylation is 1. The van der Waals surface area contributed by atoms with Gasteiger partial charge in [-0.25, -0.2) is 14.4 Å². The molecular formula is C19H23BrFN3. The minimum absolute atomic E-state index is 0.211. The van der Waals surface area contributed by atoms with Crippen LogP contribution >= 0.6 is 15.9 Å². The second kappa shape index (κ2) is 8.56. The zero-order valence-corrected chi connectivity index (χ0v) is 15.4. The molecule has 3 nitrogen and oxygen atoms in total. The van der Waals surface area contributed by atoms with Crippen LogP contribution in [0.5, 0.6) is 0 Å². The maximum Gasteiger partial charge on any atom is 0.223 e. The zero-order valence-electron chi connectivity index (χ0n) is 13.8. The summed E-state index contributed by atoms with van der Waals surface area (Å²) in [5.41, 5.74) is 2.21. The Bertz CT molecular complexity index is 671. The first-order valence-electron chi connectivity index (χ1n) is 8.70. The molecular weight excluding hydrogens is 369 g/mol. The average Bonchev–Trinajstić information content (AvgIpc) is 3.08. The smallest absolute Gasteiger partial charge is 0.223 e. The Morgan fingerprint density at radius 1 is 1.17 bits per heavy atom. The summed E-state index contributed by atoms with van der Waals surface area (Å²) in [4.78, 5) is 8.78. The largest absolute Gasteiger partial charge is 0.351 e. The van der Waals surface area contributed by atoms with Crippen LogP contribution in [0.15, 0.2) is 30.5 Å². The van der Waals surface area contributed by atoms with Crippen LogP contribution in [0, 0.1) is 5.82 Å². The monoisotopic (exact) mass is 391 g/mol. The highest BCUT2D eigenvalue weighted by molar-refractivity contribution is 9.09. The second-order valence-corrected chi connectivity index (χ2v) is 7.14. The maximum absolute atomic E-state index is 14.5. The lowest BCUT2D eigenvalue weighted by Gasteiger charge is -2.12. The van der Waals surface area contributed by atoms with E-state index < -0.39 is 0 Å². The number of rotatable bonds is 7. The number of halogens is 2. The number of unbranched alkanes of at least 4 members (excludes halogenated alkanes) is 1. The molecule has 0 radical (unpaired) electrons. The van der Waals surface area contributed by atoms with Gasteiger partial charge in [0.1, 0.15) is 5.82 Å². The van der Waals surface area contributed by atoms with Crippen molar-refractivity contribution in [3.63, 3.8) is 0 Å². The minimum Gasteiger partial charge on any atom is -0.351 e. The van der Waals surface area contributed by atoms with Crippen molar-refractivity contribution in [1.29, 1.82) is 0 Å². The average molecular weight is 392 g/mol. The van der Waals surface area contributed by atoms with Crippen molar-refractivity contribution in [3.05, 3.63) is 41.8 Å². The van der Waals surface area contributed by atoms with E-state index in [2.05, 4.69) is 31.2 Å². The summed E-state index contributed by atoms with van der Waals surface area (Å²) in [7, 11) is 0. The molecule has 1 N–H and O–H groups in total. The van der Waals surface area contributed by atoms with Gasteiger partial charge in [0.2, 0.25) is 5.95 Å². The van der Waals surface area contributed by atoms with E-state index in [1.54, 1.807) is 18.3 Å². The number of benzene rings is 1. The molecule has 128 valence electrons. The van der Waals surface area contributed by atoms with E-state index in [1.807, 2.05) is 12.1 Å². The molecule has 0 saturated heterocycles. The number of anilines is 1. The van der Waals surface area contributed by atoms with E-state index in [0.717, 1.165) is 43.0 Å². The summed E-state index contributed by atoms with van der Waals surface area (Å²) in [6.07, 6.45) is 9.59. The van der Waals surface area contributed by atoms with Gasteiger partial charge in [-0.1, -0.05) is 34.8 Å². The molecule has 0 amide bonds. The number of hydrogen-bond acceptors (Lipinski definition) is 3. The van der Waals surface area contributed by atoms with Gasteiger partial charge in [-0.3, -0.25) is 0 Å². The highest BCUT2D eigenvalue weighted by atomic mass is 79.9. The van der Waals surface area contributed by atoms with E-state index in [9.17, 15) is 4.39 Å². The topological polar surface area (TPSA) is 37.8 Å². The summed E-state index contributed by atoms with van der Waals surface area (Å²) >= 11 is 3.42. The first kappa shape index (κ1) is 17.3. The molecule has 0 atom stereocenters. The van der Waals surface area contributed by atoms with Crippen LogP contribution in [-0.2, 0) is 6.42 Å². The molecule has 0 bridgehead atoms. The number of hydrogen-bond donors (Lipinski definition) is 1. The molecule has 1 aromatic heterocycles. The molecule has 1 saturated carbocycles. The van der Waals surface area contributed by atoms with Crippen LogP contribution in [0.25, 0.3) is 11.3 Å². The van der Waals surface area contributed by atoms with Crippen LogP contribution in [-0.4, -0.2) is 21.3 Å². The van der Waals surface area contributed by atoms with Gasteiger partial charge in [0, 0.05) is 23.1 Å². The summed E-state index contributed by atoms with van der Waals surface area (Å²) in [5, 5.41) is 4.36. The predicted octanol–water partition coefficient (Wildman–Crippen LogP) is 5.35. The van der Waals surface area contributed by atoms with Crippen molar-refractivity contribution in [2.24, 2.45) is 0 Å². The van der Waals surface area contributed by atoms with E-state index in [1.165, 1.54) is 12.8 Å².